The first-order chi connectivity index (χ1) is 8.41. The second kappa shape index (κ2) is 6.29. The summed E-state index contributed by atoms with van der Waals surface area (Å²) in [6.45, 7) is 0. The van der Waals surface area contributed by atoms with Gasteiger partial charge in [0, 0.05) is 17.4 Å². The zero-order valence-electron chi connectivity index (χ0n) is 9.01. The molecule has 0 aromatic heterocycles. The van der Waals surface area contributed by atoms with Crippen LogP contribution in [0.3, 0.4) is 0 Å². The van der Waals surface area contributed by atoms with Crippen LogP contribution < -0.4 is 0 Å². The SMILES string of the molecule is O=C(O)CCSc1ccc(C(F)F)cc1[N+](=O)[O-]. The molecule has 5 nitrogen and oxygen atoms in total. The lowest BCUT2D eigenvalue weighted by Gasteiger charge is -2.04. The van der Waals surface area contributed by atoms with E-state index in [1.807, 2.05) is 0 Å². The number of nitro groups is 1. The fraction of sp³-hybridized carbons (Fsp3) is 0.300. The van der Waals surface area contributed by atoms with Crippen molar-refractivity contribution in [2.45, 2.75) is 17.7 Å². The van der Waals surface area contributed by atoms with Crippen molar-refractivity contribution >= 4 is 23.4 Å². The average Bonchev–Trinajstić information content (AvgIpc) is 2.28. The van der Waals surface area contributed by atoms with Crippen molar-refractivity contribution in [2.75, 3.05) is 5.75 Å². The minimum absolute atomic E-state index is 0.143. The number of nitro benzene ring substituents is 1. The van der Waals surface area contributed by atoms with Crippen molar-refractivity contribution in [3.05, 3.63) is 33.9 Å². The number of benzene rings is 1. The van der Waals surface area contributed by atoms with Crippen LogP contribution >= 0.6 is 11.8 Å². The van der Waals surface area contributed by atoms with E-state index < -0.39 is 28.6 Å². The molecule has 1 N–H and O–H groups in total. The molecule has 0 saturated heterocycles. The first kappa shape index (κ1) is 14.4. The Bertz CT molecular complexity index is 467. The Kier molecular flexibility index (Phi) is 5.02. The molecule has 0 bridgehead atoms. The standard InChI is InChI=1S/C10H9F2NO4S/c11-10(12)6-1-2-8(7(5-6)13(16)17)18-4-3-9(14)15/h1-2,5,10H,3-4H2,(H,14,15). The van der Waals surface area contributed by atoms with Crippen molar-refractivity contribution in [1.82, 2.24) is 0 Å². The average molecular weight is 277 g/mol. The molecule has 0 aliphatic rings. The molecule has 0 amide bonds. The summed E-state index contributed by atoms with van der Waals surface area (Å²) in [5.41, 5.74) is -0.854. The third-order valence-electron chi connectivity index (χ3n) is 2.01. The highest BCUT2D eigenvalue weighted by Crippen LogP contribution is 2.33. The Labute approximate surface area is 105 Å². The summed E-state index contributed by atoms with van der Waals surface area (Å²) < 4.78 is 24.8. The van der Waals surface area contributed by atoms with Gasteiger partial charge in [-0.2, -0.15) is 0 Å². The maximum atomic E-state index is 12.4. The van der Waals surface area contributed by atoms with Crippen molar-refractivity contribution in [3.8, 4) is 0 Å². The van der Waals surface area contributed by atoms with Crippen LogP contribution in [0, 0.1) is 10.1 Å². The van der Waals surface area contributed by atoms with Crippen LogP contribution in [0.15, 0.2) is 23.1 Å². The summed E-state index contributed by atoms with van der Waals surface area (Å²) in [7, 11) is 0. The first-order valence-corrected chi connectivity index (χ1v) is 5.81. The summed E-state index contributed by atoms with van der Waals surface area (Å²) >= 11 is 0.957. The van der Waals surface area contributed by atoms with Gasteiger partial charge in [-0.3, -0.25) is 14.9 Å². The van der Waals surface area contributed by atoms with Gasteiger partial charge >= 0.3 is 5.97 Å². The maximum Gasteiger partial charge on any atom is 0.304 e. The first-order valence-electron chi connectivity index (χ1n) is 4.83. The van der Waals surface area contributed by atoms with E-state index in [0.717, 1.165) is 23.9 Å². The zero-order valence-corrected chi connectivity index (χ0v) is 9.82. The van der Waals surface area contributed by atoms with E-state index in [9.17, 15) is 23.7 Å². The number of hydrogen-bond donors (Lipinski definition) is 1. The number of carboxylic acids is 1. The van der Waals surface area contributed by atoms with Crippen LogP contribution in [0.4, 0.5) is 14.5 Å². The van der Waals surface area contributed by atoms with Gasteiger partial charge < -0.3 is 5.11 Å². The molecular formula is C10H9F2NO4S. The van der Waals surface area contributed by atoms with E-state index in [2.05, 4.69) is 0 Å². The fourth-order valence-electron chi connectivity index (χ4n) is 1.18. The fourth-order valence-corrected chi connectivity index (χ4v) is 2.13. The topological polar surface area (TPSA) is 80.4 Å². The molecule has 98 valence electrons. The summed E-state index contributed by atoms with van der Waals surface area (Å²) in [5, 5.41) is 19.2. The molecule has 0 atom stereocenters. The molecule has 8 heteroatoms. The van der Waals surface area contributed by atoms with Crippen LogP contribution in [-0.2, 0) is 4.79 Å². The highest BCUT2D eigenvalue weighted by molar-refractivity contribution is 7.99. The second-order valence-corrected chi connectivity index (χ2v) is 4.41. The largest absolute Gasteiger partial charge is 0.481 e. The predicted octanol–water partition coefficient (Wildman–Crippen LogP) is 3.10. The highest BCUT2D eigenvalue weighted by Gasteiger charge is 2.18. The van der Waals surface area contributed by atoms with E-state index in [1.54, 1.807) is 0 Å². The summed E-state index contributed by atoms with van der Waals surface area (Å²) in [6, 6.07) is 3.13. The quantitative estimate of drug-likeness (QED) is 0.491. The molecule has 18 heavy (non-hydrogen) atoms. The molecule has 0 unspecified atom stereocenters. The van der Waals surface area contributed by atoms with E-state index >= 15 is 0 Å². The summed E-state index contributed by atoms with van der Waals surface area (Å²) in [6.07, 6.45) is -2.93. The minimum Gasteiger partial charge on any atom is -0.481 e. The van der Waals surface area contributed by atoms with E-state index in [0.29, 0.717) is 0 Å². The van der Waals surface area contributed by atoms with Crippen LogP contribution in [0.25, 0.3) is 0 Å². The molecule has 0 radical (unpaired) electrons. The molecule has 0 aliphatic carbocycles. The van der Waals surface area contributed by atoms with E-state index in [4.69, 9.17) is 5.11 Å². The number of halogens is 2. The van der Waals surface area contributed by atoms with Gasteiger partial charge in [-0.05, 0) is 6.07 Å². The van der Waals surface area contributed by atoms with Gasteiger partial charge in [0.05, 0.1) is 16.2 Å². The van der Waals surface area contributed by atoms with Crippen LogP contribution in [0.5, 0.6) is 0 Å². The van der Waals surface area contributed by atoms with Gasteiger partial charge in [-0.25, -0.2) is 8.78 Å². The van der Waals surface area contributed by atoms with Crippen LogP contribution in [-0.4, -0.2) is 21.8 Å². The number of aliphatic carboxylic acids is 1. The van der Waals surface area contributed by atoms with Crippen LogP contribution in [0.1, 0.15) is 18.4 Å². The Morgan fingerprint density at radius 3 is 2.67 bits per heavy atom. The van der Waals surface area contributed by atoms with Gasteiger partial charge in [0.25, 0.3) is 12.1 Å². The lowest BCUT2D eigenvalue weighted by atomic mass is 10.2. The molecule has 1 aromatic carbocycles. The van der Waals surface area contributed by atoms with Crippen LogP contribution in [0.2, 0.25) is 0 Å². The summed E-state index contributed by atoms with van der Waals surface area (Å²) in [4.78, 5) is 20.5. The number of rotatable bonds is 6. The molecule has 0 heterocycles. The Morgan fingerprint density at radius 2 is 2.17 bits per heavy atom. The smallest absolute Gasteiger partial charge is 0.304 e. The number of carboxylic acid groups (broad SMARTS) is 1. The Morgan fingerprint density at radius 1 is 1.50 bits per heavy atom. The van der Waals surface area contributed by atoms with E-state index in [-0.39, 0.29) is 17.1 Å². The number of alkyl halides is 2. The van der Waals surface area contributed by atoms with Gasteiger partial charge in [0.1, 0.15) is 0 Å². The molecular weight excluding hydrogens is 268 g/mol. The monoisotopic (exact) mass is 277 g/mol. The lowest BCUT2D eigenvalue weighted by molar-refractivity contribution is -0.387. The van der Waals surface area contributed by atoms with Gasteiger partial charge in [0.15, 0.2) is 0 Å². The second-order valence-electron chi connectivity index (χ2n) is 3.28. The van der Waals surface area contributed by atoms with Gasteiger partial charge in [-0.1, -0.05) is 6.07 Å². The minimum atomic E-state index is -2.78. The van der Waals surface area contributed by atoms with E-state index in [1.165, 1.54) is 6.07 Å². The highest BCUT2D eigenvalue weighted by atomic mass is 32.2. The predicted molar refractivity (Wildman–Crippen MR) is 61.0 cm³/mol. The van der Waals surface area contributed by atoms with Gasteiger partial charge in [-0.15, -0.1) is 11.8 Å². The number of thioether (sulfide) groups is 1. The molecule has 0 aliphatic heterocycles. The Balaban J connectivity index is 2.90. The van der Waals surface area contributed by atoms with Crippen molar-refractivity contribution in [3.63, 3.8) is 0 Å². The molecule has 1 aromatic rings. The molecule has 0 spiro atoms. The third-order valence-corrected chi connectivity index (χ3v) is 3.07. The van der Waals surface area contributed by atoms with Gasteiger partial charge in [0.2, 0.25) is 0 Å². The molecule has 0 fully saturated rings. The molecule has 0 saturated carbocycles. The third kappa shape index (κ3) is 3.95. The number of carbonyl (C=O) groups is 1. The normalized spacial score (nSPS) is 10.6. The summed E-state index contributed by atoms with van der Waals surface area (Å²) in [5.74, 6) is -0.876. The van der Waals surface area contributed by atoms with Crippen molar-refractivity contribution < 1.29 is 23.6 Å². The number of hydrogen-bond acceptors (Lipinski definition) is 4. The zero-order chi connectivity index (χ0) is 13.7. The maximum absolute atomic E-state index is 12.4. The lowest BCUT2D eigenvalue weighted by Crippen LogP contribution is -1.98. The molecule has 1 rings (SSSR count). The Hall–Kier alpha value is -1.70. The number of nitrogens with zero attached hydrogens (tertiary/aromatic N) is 1. The van der Waals surface area contributed by atoms with Crippen molar-refractivity contribution in [1.29, 1.82) is 0 Å². The van der Waals surface area contributed by atoms with Crippen molar-refractivity contribution in [2.24, 2.45) is 0 Å².